The van der Waals surface area contributed by atoms with Gasteiger partial charge in [-0.1, -0.05) is 50.0 Å². The first kappa shape index (κ1) is 13.4. The van der Waals surface area contributed by atoms with Crippen molar-refractivity contribution < 1.29 is 0 Å². The van der Waals surface area contributed by atoms with Gasteiger partial charge in [0.25, 0.3) is 0 Å². The van der Waals surface area contributed by atoms with Crippen LogP contribution in [0.5, 0.6) is 0 Å². The fourth-order valence-electron chi connectivity index (χ4n) is 1.82. The molecule has 0 aliphatic rings. The minimum absolute atomic E-state index is 1.05. The predicted molar refractivity (Wildman–Crippen MR) is 88.8 cm³/mol. The predicted octanol–water partition coefficient (Wildman–Crippen LogP) is 6.12. The Hall–Kier alpha value is -0.000000000000000111. The molecule has 2 rings (SSSR count). The van der Waals surface area contributed by atoms with Crippen LogP contribution in [-0.4, -0.2) is 0 Å². The van der Waals surface area contributed by atoms with Crippen LogP contribution in [0.15, 0.2) is 51.8 Å². The van der Waals surface area contributed by atoms with E-state index in [1.54, 1.807) is 8.93 Å². The molecule has 0 unspecified atom stereocenters. The first-order valence-corrected chi connectivity index (χ1v) is 9.57. The Morgan fingerprint density at radius 2 is 1.82 bits per heavy atom. The van der Waals surface area contributed by atoms with E-state index in [2.05, 4.69) is 86.5 Å². The molecule has 0 nitrogen and oxygen atoms in total. The SMILES string of the molecule is CCc1cc(Br)ccc1-c1ccc(SI)cc1. The number of hydrogen-bond acceptors (Lipinski definition) is 1. The van der Waals surface area contributed by atoms with Gasteiger partial charge in [0.1, 0.15) is 0 Å². The van der Waals surface area contributed by atoms with E-state index in [-0.39, 0.29) is 0 Å². The van der Waals surface area contributed by atoms with Crippen molar-refractivity contribution in [1.82, 2.24) is 0 Å². The zero-order chi connectivity index (χ0) is 12.3. The molecule has 0 N–H and O–H groups in total. The molecule has 0 fully saturated rings. The lowest BCUT2D eigenvalue weighted by Gasteiger charge is -2.09. The van der Waals surface area contributed by atoms with E-state index in [9.17, 15) is 0 Å². The molecule has 2 aromatic carbocycles. The smallest absolute Gasteiger partial charge is 0.0179 e. The third kappa shape index (κ3) is 3.26. The summed E-state index contributed by atoms with van der Waals surface area (Å²) in [5.41, 5.74) is 4.01. The second kappa shape index (κ2) is 6.25. The van der Waals surface area contributed by atoms with Crippen LogP contribution in [0.2, 0.25) is 0 Å². The van der Waals surface area contributed by atoms with Gasteiger partial charge in [-0.25, -0.2) is 0 Å². The van der Waals surface area contributed by atoms with Gasteiger partial charge < -0.3 is 0 Å². The summed E-state index contributed by atoms with van der Waals surface area (Å²) in [5.74, 6) is 0. The van der Waals surface area contributed by atoms with Crippen LogP contribution >= 0.6 is 46.1 Å². The molecule has 0 aliphatic heterocycles. The maximum atomic E-state index is 3.53. The molecule has 0 spiro atoms. The molecule has 0 heterocycles. The van der Waals surface area contributed by atoms with E-state index in [1.807, 2.05) is 0 Å². The number of benzene rings is 2. The van der Waals surface area contributed by atoms with Gasteiger partial charge in [-0.3, -0.25) is 0 Å². The van der Waals surface area contributed by atoms with E-state index >= 15 is 0 Å². The quantitative estimate of drug-likeness (QED) is 0.541. The van der Waals surface area contributed by atoms with Crippen LogP contribution in [0.1, 0.15) is 12.5 Å². The minimum atomic E-state index is 1.05. The molecule has 0 radical (unpaired) electrons. The van der Waals surface area contributed by atoms with Gasteiger partial charge in [0, 0.05) is 30.6 Å². The molecule has 0 saturated carbocycles. The van der Waals surface area contributed by atoms with Crippen LogP contribution in [0.25, 0.3) is 11.1 Å². The Morgan fingerprint density at radius 3 is 2.41 bits per heavy atom. The van der Waals surface area contributed by atoms with E-state index in [1.165, 1.54) is 21.6 Å². The highest BCUT2D eigenvalue weighted by Crippen LogP contribution is 2.30. The van der Waals surface area contributed by atoms with Crippen molar-refractivity contribution >= 4 is 46.1 Å². The lowest BCUT2D eigenvalue weighted by Crippen LogP contribution is -1.87. The van der Waals surface area contributed by atoms with E-state index < -0.39 is 0 Å². The number of rotatable bonds is 3. The van der Waals surface area contributed by atoms with Gasteiger partial charge in [0.05, 0.1) is 0 Å². The second-order valence-electron chi connectivity index (χ2n) is 3.76. The van der Waals surface area contributed by atoms with Crippen LogP contribution in [0, 0.1) is 0 Å². The van der Waals surface area contributed by atoms with Crippen molar-refractivity contribution in [2.24, 2.45) is 0 Å². The molecular formula is C14H12BrIS. The summed E-state index contributed by atoms with van der Waals surface area (Å²) in [6.45, 7) is 2.19. The normalized spacial score (nSPS) is 10.5. The van der Waals surface area contributed by atoms with Crippen molar-refractivity contribution in [3.05, 3.63) is 52.5 Å². The highest BCUT2D eigenvalue weighted by molar-refractivity contribution is 14.2. The average molecular weight is 419 g/mol. The van der Waals surface area contributed by atoms with Crippen molar-refractivity contribution in [2.45, 2.75) is 18.2 Å². The highest BCUT2D eigenvalue weighted by Gasteiger charge is 2.04. The number of halogens is 2. The van der Waals surface area contributed by atoms with Crippen molar-refractivity contribution in [1.29, 1.82) is 0 Å². The summed E-state index contributed by atoms with van der Waals surface area (Å²) in [7, 11) is 1.75. The molecule has 0 atom stereocenters. The standard InChI is InChI=1S/C14H12BrIS/c1-2-10-9-12(15)5-8-14(10)11-3-6-13(17-16)7-4-11/h3-9H,2H2,1H3. The molecule has 3 heteroatoms. The summed E-state index contributed by atoms with van der Waals surface area (Å²) in [4.78, 5) is 1.30. The first-order chi connectivity index (χ1) is 8.24. The Morgan fingerprint density at radius 1 is 1.12 bits per heavy atom. The summed E-state index contributed by atoms with van der Waals surface area (Å²) in [5, 5.41) is 0. The maximum absolute atomic E-state index is 3.53. The molecule has 0 amide bonds. The van der Waals surface area contributed by atoms with Gasteiger partial charge in [0.15, 0.2) is 0 Å². The Balaban J connectivity index is 2.44. The van der Waals surface area contributed by atoms with E-state index in [0.29, 0.717) is 0 Å². The fraction of sp³-hybridized carbons (Fsp3) is 0.143. The largest absolute Gasteiger partial charge is 0.0613 e. The minimum Gasteiger partial charge on any atom is -0.0613 e. The lowest BCUT2D eigenvalue weighted by atomic mass is 9.98. The molecular weight excluding hydrogens is 407 g/mol. The van der Waals surface area contributed by atoms with Gasteiger partial charge in [-0.05, 0) is 47.4 Å². The average Bonchev–Trinajstić information content (AvgIpc) is 2.39. The summed E-state index contributed by atoms with van der Waals surface area (Å²) < 4.78 is 1.15. The summed E-state index contributed by atoms with van der Waals surface area (Å²) >= 11 is 5.84. The third-order valence-corrected chi connectivity index (χ3v) is 5.17. The number of hydrogen-bond donors (Lipinski definition) is 0. The molecule has 0 saturated heterocycles. The molecule has 0 bridgehead atoms. The molecule has 2 aromatic rings. The molecule has 17 heavy (non-hydrogen) atoms. The molecule has 88 valence electrons. The van der Waals surface area contributed by atoms with Crippen LogP contribution < -0.4 is 0 Å². The topological polar surface area (TPSA) is 0 Å². The van der Waals surface area contributed by atoms with E-state index in [0.717, 1.165) is 10.9 Å². The van der Waals surface area contributed by atoms with Crippen LogP contribution in [0.3, 0.4) is 0 Å². The van der Waals surface area contributed by atoms with Crippen LogP contribution in [0.4, 0.5) is 0 Å². The Bertz CT molecular complexity index is 508. The lowest BCUT2D eigenvalue weighted by molar-refractivity contribution is 1.14. The third-order valence-electron chi connectivity index (χ3n) is 2.70. The number of aryl methyl sites for hydroxylation is 1. The van der Waals surface area contributed by atoms with Crippen molar-refractivity contribution in [3.63, 3.8) is 0 Å². The van der Waals surface area contributed by atoms with Crippen LogP contribution in [-0.2, 0) is 6.42 Å². The summed E-state index contributed by atoms with van der Waals surface area (Å²) in [6.07, 6.45) is 1.05. The molecule has 0 aliphatic carbocycles. The zero-order valence-corrected chi connectivity index (χ0v) is 14.0. The van der Waals surface area contributed by atoms with E-state index in [4.69, 9.17) is 0 Å². The van der Waals surface area contributed by atoms with Gasteiger partial charge >= 0.3 is 0 Å². The van der Waals surface area contributed by atoms with Gasteiger partial charge in [-0.2, -0.15) is 0 Å². The molecule has 0 aromatic heterocycles. The fourth-order valence-corrected chi connectivity index (χ4v) is 3.35. The van der Waals surface area contributed by atoms with Gasteiger partial charge in [-0.15, -0.1) is 0 Å². The zero-order valence-electron chi connectivity index (χ0n) is 9.41. The maximum Gasteiger partial charge on any atom is 0.0179 e. The van der Waals surface area contributed by atoms with Gasteiger partial charge in [0.2, 0.25) is 0 Å². The Kier molecular flexibility index (Phi) is 4.94. The van der Waals surface area contributed by atoms with Crippen molar-refractivity contribution in [2.75, 3.05) is 0 Å². The highest BCUT2D eigenvalue weighted by atomic mass is 127. The Labute approximate surface area is 127 Å². The van der Waals surface area contributed by atoms with Crippen molar-refractivity contribution in [3.8, 4) is 11.1 Å². The first-order valence-electron chi connectivity index (χ1n) is 5.42. The second-order valence-corrected chi connectivity index (χ2v) is 6.62. The summed E-state index contributed by atoms with van der Waals surface area (Å²) in [6, 6.07) is 15.2. The monoisotopic (exact) mass is 418 g/mol.